The molecule has 4 rings (SSSR count). The Kier molecular flexibility index (Phi) is 5.71. The van der Waals surface area contributed by atoms with Crippen LogP contribution in [0.2, 0.25) is 0 Å². The summed E-state index contributed by atoms with van der Waals surface area (Å²) >= 11 is 1.99. The molecule has 6 nitrogen and oxygen atoms in total. The predicted octanol–water partition coefficient (Wildman–Crippen LogP) is 1.92. The monoisotopic (exact) mass is 388 g/mol. The Hall–Kier alpha value is -1.57. The van der Waals surface area contributed by atoms with Crippen molar-refractivity contribution in [2.45, 2.75) is 31.8 Å². The van der Waals surface area contributed by atoms with Gasteiger partial charge in [-0.3, -0.25) is 9.69 Å². The van der Waals surface area contributed by atoms with Crippen molar-refractivity contribution in [3.05, 3.63) is 30.1 Å². The van der Waals surface area contributed by atoms with Crippen LogP contribution in [-0.2, 0) is 22.5 Å². The van der Waals surface area contributed by atoms with Crippen LogP contribution in [0.4, 0.5) is 0 Å². The van der Waals surface area contributed by atoms with Crippen LogP contribution in [0.3, 0.4) is 0 Å². The Morgan fingerprint density at radius 2 is 2.15 bits per heavy atom. The van der Waals surface area contributed by atoms with Gasteiger partial charge in [-0.15, -0.1) is 0 Å². The number of nitrogens with one attached hydrogen (secondary N) is 1. The summed E-state index contributed by atoms with van der Waals surface area (Å²) in [6, 6.07) is 8.04. The number of hydrogen-bond acceptors (Lipinski definition) is 5. The van der Waals surface area contributed by atoms with Gasteiger partial charge in [-0.1, -0.05) is 19.1 Å². The zero-order valence-electron chi connectivity index (χ0n) is 15.9. The van der Waals surface area contributed by atoms with E-state index in [1.54, 1.807) is 0 Å². The van der Waals surface area contributed by atoms with Crippen LogP contribution < -0.4 is 5.32 Å². The van der Waals surface area contributed by atoms with Gasteiger partial charge in [0.25, 0.3) is 0 Å². The number of benzene rings is 1. The molecule has 2 aliphatic rings. The van der Waals surface area contributed by atoms with Gasteiger partial charge in [0, 0.05) is 37.3 Å². The third kappa shape index (κ3) is 3.86. The molecule has 1 unspecified atom stereocenters. The normalized spacial score (nSPS) is 23.7. The highest BCUT2D eigenvalue weighted by atomic mass is 32.2. The van der Waals surface area contributed by atoms with Gasteiger partial charge in [0.15, 0.2) is 0 Å². The molecule has 3 heterocycles. The quantitative estimate of drug-likeness (QED) is 0.819. The second-order valence-corrected chi connectivity index (χ2v) is 8.46. The van der Waals surface area contributed by atoms with Crippen molar-refractivity contribution in [1.82, 2.24) is 19.8 Å². The van der Waals surface area contributed by atoms with E-state index in [1.807, 2.05) is 36.0 Å². The molecule has 1 amide bonds. The minimum atomic E-state index is 0.0670. The lowest BCUT2D eigenvalue weighted by molar-refractivity contribution is -0.122. The minimum absolute atomic E-state index is 0.0670. The molecule has 27 heavy (non-hydrogen) atoms. The summed E-state index contributed by atoms with van der Waals surface area (Å²) in [4.78, 5) is 20.0. The van der Waals surface area contributed by atoms with Crippen molar-refractivity contribution >= 4 is 28.7 Å². The fraction of sp³-hybridized carbons (Fsp3) is 0.600. The Morgan fingerprint density at radius 3 is 2.89 bits per heavy atom. The molecular formula is C20H28N4O2S. The van der Waals surface area contributed by atoms with Crippen molar-refractivity contribution in [1.29, 1.82) is 0 Å². The summed E-state index contributed by atoms with van der Waals surface area (Å²) < 4.78 is 7.57. The van der Waals surface area contributed by atoms with Crippen LogP contribution in [0.25, 0.3) is 11.0 Å². The lowest BCUT2D eigenvalue weighted by Crippen LogP contribution is -2.59. The molecule has 0 radical (unpaired) electrons. The number of thioether (sulfide) groups is 1. The van der Waals surface area contributed by atoms with Gasteiger partial charge in [-0.05, 0) is 24.3 Å². The van der Waals surface area contributed by atoms with Crippen molar-refractivity contribution in [2.24, 2.45) is 0 Å². The highest BCUT2D eigenvalue weighted by molar-refractivity contribution is 7.99. The molecule has 1 aromatic carbocycles. The molecule has 1 atom stereocenters. The van der Waals surface area contributed by atoms with E-state index in [2.05, 4.69) is 26.7 Å². The van der Waals surface area contributed by atoms with Crippen molar-refractivity contribution in [2.75, 3.05) is 44.4 Å². The van der Waals surface area contributed by atoms with Gasteiger partial charge >= 0.3 is 0 Å². The van der Waals surface area contributed by atoms with Gasteiger partial charge in [0.2, 0.25) is 5.91 Å². The summed E-state index contributed by atoms with van der Waals surface area (Å²) in [5.41, 5.74) is 2.07. The number of carbonyl (C=O) groups is 1. The molecule has 2 aromatic rings. The van der Waals surface area contributed by atoms with Crippen molar-refractivity contribution < 1.29 is 9.53 Å². The zero-order valence-corrected chi connectivity index (χ0v) is 16.8. The number of nitrogens with zero attached hydrogens (tertiary/aromatic N) is 3. The third-order valence-electron chi connectivity index (χ3n) is 5.73. The second-order valence-electron chi connectivity index (χ2n) is 7.36. The molecule has 2 fully saturated rings. The van der Waals surface area contributed by atoms with Gasteiger partial charge < -0.3 is 14.6 Å². The number of rotatable bonds is 6. The number of amides is 1. The maximum atomic E-state index is 12.8. The molecule has 0 aliphatic carbocycles. The Bertz CT molecular complexity index is 794. The summed E-state index contributed by atoms with van der Waals surface area (Å²) in [7, 11) is 0. The van der Waals surface area contributed by atoms with Crippen LogP contribution in [-0.4, -0.2) is 70.3 Å². The van der Waals surface area contributed by atoms with Gasteiger partial charge in [0.1, 0.15) is 12.4 Å². The SMILES string of the molecule is CCc1nc2ccccc2n1CC(=O)NCC1(N2CCOCC2)CCSC1. The van der Waals surface area contributed by atoms with E-state index < -0.39 is 0 Å². The number of fused-ring (bicyclic) bond motifs is 1. The van der Waals surface area contributed by atoms with Crippen LogP contribution in [0, 0.1) is 0 Å². The average Bonchev–Trinajstić information content (AvgIpc) is 3.33. The fourth-order valence-electron chi connectivity index (χ4n) is 4.17. The summed E-state index contributed by atoms with van der Waals surface area (Å²) in [6.45, 7) is 6.63. The smallest absolute Gasteiger partial charge is 0.240 e. The molecule has 2 saturated heterocycles. The molecule has 2 aliphatic heterocycles. The lowest BCUT2D eigenvalue weighted by Gasteiger charge is -2.43. The number of aromatic nitrogens is 2. The second kappa shape index (κ2) is 8.20. The summed E-state index contributed by atoms with van der Waals surface area (Å²) in [5, 5.41) is 3.23. The molecule has 0 bridgehead atoms. The van der Waals surface area contributed by atoms with Crippen molar-refractivity contribution in [3.63, 3.8) is 0 Å². The minimum Gasteiger partial charge on any atom is -0.379 e. The number of para-hydroxylation sites is 2. The third-order valence-corrected chi connectivity index (χ3v) is 6.96. The molecule has 0 saturated carbocycles. The molecule has 7 heteroatoms. The van der Waals surface area contributed by atoms with E-state index in [-0.39, 0.29) is 11.4 Å². The van der Waals surface area contributed by atoms with Crippen LogP contribution in [0.1, 0.15) is 19.2 Å². The van der Waals surface area contributed by atoms with E-state index in [0.29, 0.717) is 13.1 Å². The van der Waals surface area contributed by atoms with Crippen LogP contribution in [0.5, 0.6) is 0 Å². The van der Waals surface area contributed by atoms with E-state index in [1.165, 1.54) is 5.75 Å². The topological polar surface area (TPSA) is 59.4 Å². The molecule has 1 N–H and O–H groups in total. The first kappa shape index (κ1) is 18.8. The number of morpholine rings is 1. The van der Waals surface area contributed by atoms with Crippen molar-refractivity contribution in [3.8, 4) is 0 Å². The maximum Gasteiger partial charge on any atom is 0.240 e. The molecule has 0 spiro atoms. The highest BCUT2D eigenvalue weighted by Gasteiger charge is 2.40. The van der Waals surface area contributed by atoms with E-state index in [0.717, 1.165) is 61.8 Å². The number of hydrogen-bond donors (Lipinski definition) is 1. The average molecular weight is 389 g/mol. The number of imidazole rings is 1. The zero-order chi connectivity index (χ0) is 18.7. The summed E-state index contributed by atoms with van der Waals surface area (Å²) in [6.07, 6.45) is 1.95. The molecule has 146 valence electrons. The summed E-state index contributed by atoms with van der Waals surface area (Å²) in [5.74, 6) is 3.28. The van der Waals surface area contributed by atoms with Crippen LogP contribution in [0.15, 0.2) is 24.3 Å². The highest BCUT2D eigenvalue weighted by Crippen LogP contribution is 2.33. The first-order chi connectivity index (χ1) is 13.2. The first-order valence-corrected chi connectivity index (χ1v) is 11.0. The van der Waals surface area contributed by atoms with Gasteiger partial charge in [-0.25, -0.2) is 4.98 Å². The van der Waals surface area contributed by atoms with Gasteiger partial charge in [0.05, 0.1) is 24.2 Å². The Labute approximate surface area is 164 Å². The Balaban J connectivity index is 1.45. The lowest BCUT2D eigenvalue weighted by atomic mass is 9.95. The molecule has 1 aromatic heterocycles. The molecular weight excluding hydrogens is 360 g/mol. The van der Waals surface area contributed by atoms with E-state index in [4.69, 9.17) is 4.74 Å². The predicted molar refractivity (Wildman–Crippen MR) is 109 cm³/mol. The number of carbonyl (C=O) groups excluding carboxylic acids is 1. The van der Waals surface area contributed by atoms with Crippen LogP contribution >= 0.6 is 11.8 Å². The standard InChI is InChI=1S/C20H28N4O2S/c1-2-18-22-16-5-3-4-6-17(16)24(18)13-19(25)21-14-20(7-12-27-15-20)23-8-10-26-11-9-23/h3-6H,2,7-15H2,1H3,(H,21,25). The first-order valence-electron chi connectivity index (χ1n) is 9.83. The van der Waals surface area contributed by atoms with Gasteiger partial charge in [-0.2, -0.15) is 11.8 Å². The fourth-order valence-corrected chi connectivity index (χ4v) is 5.65. The van der Waals surface area contributed by atoms with E-state index in [9.17, 15) is 4.79 Å². The maximum absolute atomic E-state index is 12.8. The Morgan fingerprint density at radius 1 is 1.33 bits per heavy atom. The largest absolute Gasteiger partial charge is 0.379 e. The number of aryl methyl sites for hydroxylation is 1. The van der Waals surface area contributed by atoms with E-state index >= 15 is 0 Å². The number of ether oxygens (including phenoxy) is 1.